The summed E-state index contributed by atoms with van der Waals surface area (Å²) in [5.41, 5.74) is 0. The fourth-order valence-corrected chi connectivity index (χ4v) is 3.36. The van der Waals surface area contributed by atoms with Gasteiger partial charge in [-0.05, 0) is 22.9 Å². The third-order valence-corrected chi connectivity index (χ3v) is 4.16. The first-order valence-corrected chi connectivity index (χ1v) is 6.09. The highest BCUT2D eigenvalue weighted by Gasteiger charge is 2.08. The fraction of sp³-hybridized carbons (Fsp3) is 0. The Morgan fingerprint density at radius 2 is 1.27 bits per heavy atom. The number of thiophene rings is 1. The maximum absolute atomic E-state index is 6.11. The Kier molecular flexibility index (Phi) is 2.13. The summed E-state index contributed by atoms with van der Waals surface area (Å²) >= 11 is 13.6. The molecule has 3 rings (SSSR count). The summed E-state index contributed by atoms with van der Waals surface area (Å²) in [4.78, 5) is 0. The average molecular weight is 253 g/mol. The number of fused-ring (bicyclic) bond motifs is 2. The predicted octanol–water partition coefficient (Wildman–Crippen LogP) is 5.36. The van der Waals surface area contributed by atoms with Crippen LogP contribution in [0.25, 0.3) is 21.5 Å². The summed E-state index contributed by atoms with van der Waals surface area (Å²) < 4.78 is 1.53. The third-order valence-electron chi connectivity index (χ3n) is 2.49. The lowest BCUT2D eigenvalue weighted by atomic mass is 10.1. The Balaban J connectivity index is 2.55. The molecule has 74 valence electrons. The lowest BCUT2D eigenvalue weighted by Crippen LogP contribution is -1.72. The normalized spacial score (nSPS) is 11.3. The lowest BCUT2D eigenvalue weighted by Gasteiger charge is -1.98. The molecule has 0 saturated heterocycles. The molecule has 3 aromatic rings. The van der Waals surface area contributed by atoms with E-state index in [4.69, 9.17) is 23.2 Å². The predicted molar refractivity (Wildman–Crippen MR) is 69.4 cm³/mol. The summed E-state index contributed by atoms with van der Waals surface area (Å²) in [6.07, 6.45) is 0. The molecule has 0 atom stereocenters. The third kappa shape index (κ3) is 1.43. The number of benzene rings is 2. The quantitative estimate of drug-likeness (QED) is 0.505. The maximum atomic E-state index is 6.11. The van der Waals surface area contributed by atoms with Gasteiger partial charge in [0.05, 0.1) is 0 Å². The molecule has 0 N–H and O–H groups in total. The second-order valence-electron chi connectivity index (χ2n) is 3.39. The molecule has 0 aliphatic carbocycles. The van der Waals surface area contributed by atoms with Crippen molar-refractivity contribution in [3.63, 3.8) is 0 Å². The molecule has 2 aromatic carbocycles. The molecular weight excluding hydrogens is 247 g/mol. The minimum Gasteiger partial charge on any atom is -0.110 e. The highest BCUT2D eigenvalue weighted by molar-refractivity contribution is 7.22. The van der Waals surface area contributed by atoms with E-state index in [1.807, 2.05) is 12.1 Å². The summed E-state index contributed by atoms with van der Waals surface area (Å²) in [6.45, 7) is 0. The van der Waals surface area contributed by atoms with Crippen molar-refractivity contribution in [2.75, 3.05) is 0 Å². The topological polar surface area (TPSA) is 0 Å². The van der Waals surface area contributed by atoms with Crippen LogP contribution in [0.2, 0.25) is 8.67 Å². The summed E-state index contributed by atoms with van der Waals surface area (Å²) in [5.74, 6) is 0. The molecule has 0 unspecified atom stereocenters. The molecule has 1 heterocycles. The average Bonchev–Trinajstić information content (AvgIpc) is 2.52. The van der Waals surface area contributed by atoms with Crippen LogP contribution in [0.5, 0.6) is 0 Å². The van der Waals surface area contributed by atoms with E-state index in [1.54, 1.807) is 0 Å². The van der Waals surface area contributed by atoms with Gasteiger partial charge in [0.15, 0.2) is 0 Å². The van der Waals surface area contributed by atoms with Crippen molar-refractivity contribution in [3.8, 4) is 0 Å². The van der Waals surface area contributed by atoms with Crippen molar-refractivity contribution in [1.82, 2.24) is 0 Å². The van der Waals surface area contributed by atoms with Crippen LogP contribution >= 0.6 is 34.5 Å². The first kappa shape index (κ1) is 9.46. The van der Waals surface area contributed by atoms with E-state index in [-0.39, 0.29) is 0 Å². The molecule has 0 fully saturated rings. The molecule has 0 bridgehead atoms. The van der Waals surface area contributed by atoms with Crippen molar-refractivity contribution in [3.05, 3.63) is 45.1 Å². The van der Waals surface area contributed by atoms with Crippen molar-refractivity contribution in [2.24, 2.45) is 0 Å². The highest BCUT2D eigenvalue weighted by Crippen LogP contribution is 2.40. The fourth-order valence-electron chi connectivity index (χ4n) is 1.75. The van der Waals surface area contributed by atoms with E-state index in [1.165, 1.54) is 22.1 Å². The van der Waals surface area contributed by atoms with Crippen molar-refractivity contribution < 1.29 is 0 Å². The Morgan fingerprint density at radius 3 is 1.73 bits per heavy atom. The van der Waals surface area contributed by atoms with E-state index >= 15 is 0 Å². The van der Waals surface area contributed by atoms with Crippen molar-refractivity contribution >= 4 is 56.1 Å². The lowest BCUT2D eigenvalue weighted by molar-refractivity contribution is 1.81. The van der Waals surface area contributed by atoms with Crippen LogP contribution in [0.3, 0.4) is 0 Å². The van der Waals surface area contributed by atoms with Crippen molar-refractivity contribution in [1.29, 1.82) is 0 Å². The molecule has 0 nitrogen and oxygen atoms in total. The van der Waals surface area contributed by atoms with Crippen LogP contribution in [0, 0.1) is 0 Å². The van der Waals surface area contributed by atoms with Gasteiger partial charge in [-0.3, -0.25) is 0 Å². The molecule has 3 heteroatoms. The standard InChI is InChI=1S/C12H6Cl2S/c13-11-9-5-7-3-1-2-4-8(7)6-10(9)12(14)15-11/h1-6H. The largest absolute Gasteiger partial charge is 0.110 e. The van der Waals surface area contributed by atoms with Gasteiger partial charge in [0, 0.05) is 10.8 Å². The molecule has 0 amide bonds. The Morgan fingerprint density at radius 1 is 0.800 bits per heavy atom. The summed E-state index contributed by atoms with van der Waals surface area (Å²) in [5, 5.41) is 4.48. The van der Waals surface area contributed by atoms with Crippen LogP contribution < -0.4 is 0 Å². The SMILES string of the molecule is Clc1sc(Cl)c2cc3ccccc3cc12. The van der Waals surface area contributed by atoms with Crippen LogP contribution in [-0.2, 0) is 0 Å². The van der Waals surface area contributed by atoms with Gasteiger partial charge in [0.1, 0.15) is 8.67 Å². The van der Waals surface area contributed by atoms with Gasteiger partial charge in [-0.25, -0.2) is 0 Å². The van der Waals surface area contributed by atoms with Crippen LogP contribution in [-0.4, -0.2) is 0 Å². The zero-order chi connectivity index (χ0) is 10.4. The Bertz CT molecular complexity index is 600. The molecule has 0 spiro atoms. The van der Waals surface area contributed by atoms with Gasteiger partial charge in [0.25, 0.3) is 0 Å². The van der Waals surface area contributed by atoms with Crippen LogP contribution in [0.4, 0.5) is 0 Å². The highest BCUT2D eigenvalue weighted by atomic mass is 35.5. The second-order valence-corrected chi connectivity index (χ2v) is 5.62. The first-order valence-electron chi connectivity index (χ1n) is 4.52. The molecule has 0 aliphatic rings. The number of hydrogen-bond acceptors (Lipinski definition) is 1. The zero-order valence-corrected chi connectivity index (χ0v) is 9.96. The number of rotatable bonds is 0. The molecule has 0 saturated carbocycles. The Hall–Kier alpha value is -0.760. The smallest absolute Gasteiger partial charge is 0.102 e. The second kappa shape index (κ2) is 3.38. The van der Waals surface area contributed by atoms with Gasteiger partial charge in [-0.15, -0.1) is 11.3 Å². The van der Waals surface area contributed by atoms with E-state index < -0.39 is 0 Å². The molecule has 1 aromatic heterocycles. The summed E-state index contributed by atoms with van der Waals surface area (Å²) in [7, 11) is 0. The minimum absolute atomic E-state index is 0.765. The molecular formula is C12H6Cl2S. The molecule has 0 aliphatic heterocycles. The maximum Gasteiger partial charge on any atom is 0.102 e. The van der Waals surface area contributed by atoms with Crippen LogP contribution in [0.1, 0.15) is 0 Å². The molecule has 15 heavy (non-hydrogen) atoms. The molecule has 0 radical (unpaired) electrons. The number of halogens is 2. The van der Waals surface area contributed by atoms with Crippen molar-refractivity contribution in [2.45, 2.75) is 0 Å². The van der Waals surface area contributed by atoms with Gasteiger partial charge in [-0.1, -0.05) is 47.5 Å². The van der Waals surface area contributed by atoms with Crippen LogP contribution in [0.15, 0.2) is 36.4 Å². The first-order chi connectivity index (χ1) is 7.25. The van der Waals surface area contributed by atoms with Gasteiger partial charge >= 0.3 is 0 Å². The minimum atomic E-state index is 0.765. The van der Waals surface area contributed by atoms with E-state index in [0.717, 1.165) is 19.4 Å². The summed E-state index contributed by atoms with van der Waals surface area (Å²) in [6, 6.07) is 12.4. The van der Waals surface area contributed by atoms with E-state index in [0.29, 0.717) is 0 Å². The van der Waals surface area contributed by atoms with Gasteiger partial charge < -0.3 is 0 Å². The van der Waals surface area contributed by atoms with Gasteiger partial charge in [0.2, 0.25) is 0 Å². The number of hydrogen-bond donors (Lipinski definition) is 0. The van der Waals surface area contributed by atoms with E-state index in [9.17, 15) is 0 Å². The Labute approximate surface area is 101 Å². The van der Waals surface area contributed by atoms with Gasteiger partial charge in [-0.2, -0.15) is 0 Å². The zero-order valence-electron chi connectivity index (χ0n) is 7.63. The monoisotopic (exact) mass is 252 g/mol. The van der Waals surface area contributed by atoms with E-state index in [2.05, 4.69) is 24.3 Å².